The van der Waals surface area contributed by atoms with E-state index in [1.807, 2.05) is 0 Å². The molecule has 0 bridgehead atoms. The van der Waals surface area contributed by atoms with Crippen molar-refractivity contribution in [2.24, 2.45) is 5.14 Å². The summed E-state index contributed by atoms with van der Waals surface area (Å²) < 4.78 is 31.7. The Morgan fingerprint density at radius 1 is 1.00 bits per heavy atom. The van der Waals surface area contributed by atoms with Gasteiger partial charge in [-0.1, -0.05) is 19.3 Å². The van der Waals surface area contributed by atoms with Gasteiger partial charge in [0.15, 0.2) is 0 Å². The highest BCUT2D eigenvalue weighted by molar-refractivity contribution is 7.84. The molecule has 22 heavy (non-hydrogen) atoms. The van der Waals surface area contributed by atoms with Crippen LogP contribution < -0.4 is 9.32 Å². The molecule has 2 rings (SSSR count). The molecule has 0 atom stereocenters. The van der Waals surface area contributed by atoms with Gasteiger partial charge < -0.3 is 8.92 Å². The van der Waals surface area contributed by atoms with Gasteiger partial charge in [-0.25, -0.2) is 4.79 Å². The lowest BCUT2D eigenvalue weighted by atomic mass is 9.98. The molecule has 2 N–H and O–H groups in total. The highest BCUT2D eigenvalue weighted by Crippen LogP contribution is 2.21. The summed E-state index contributed by atoms with van der Waals surface area (Å²) in [6, 6.07) is 5.68. The molecule has 7 heteroatoms. The van der Waals surface area contributed by atoms with Crippen LogP contribution in [0.3, 0.4) is 0 Å². The van der Waals surface area contributed by atoms with E-state index in [0.717, 1.165) is 25.7 Å². The molecular weight excluding hydrogens is 306 g/mol. The summed E-state index contributed by atoms with van der Waals surface area (Å²) >= 11 is 0. The third kappa shape index (κ3) is 5.65. The van der Waals surface area contributed by atoms with Gasteiger partial charge in [-0.15, -0.1) is 0 Å². The molecule has 1 aromatic rings. The number of ether oxygens (including phenoxy) is 1. The van der Waals surface area contributed by atoms with Gasteiger partial charge in [-0.05, 0) is 49.9 Å². The molecule has 6 nitrogen and oxygen atoms in total. The lowest BCUT2D eigenvalue weighted by Gasteiger charge is -2.20. The van der Waals surface area contributed by atoms with Crippen molar-refractivity contribution in [3.05, 3.63) is 29.8 Å². The average Bonchev–Trinajstić information content (AvgIpc) is 2.40. The Morgan fingerprint density at radius 2 is 1.55 bits per heavy atom. The first kappa shape index (κ1) is 16.8. The Kier molecular flexibility index (Phi) is 5.79. The van der Waals surface area contributed by atoms with E-state index in [2.05, 4.69) is 4.18 Å². The van der Waals surface area contributed by atoms with E-state index in [9.17, 15) is 13.2 Å². The molecule has 1 aliphatic rings. The van der Waals surface area contributed by atoms with Gasteiger partial charge in [0.1, 0.15) is 11.9 Å². The fourth-order valence-electron chi connectivity index (χ4n) is 2.54. The Balaban J connectivity index is 1.94. The van der Waals surface area contributed by atoms with Crippen LogP contribution in [0.15, 0.2) is 24.3 Å². The van der Waals surface area contributed by atoms with E-state index >= 15 is 0 Å². The molecule has 0 heterocycles. The topological polar surface area (TPSA) is 95.7 Å². The quantitative estimate of drug-likeness (QED) is 0.857. The van der Waals surface area contributed by atoms with E-state index in [1.165, 1.54) is 43.5 Å². The van der Waals surface area contributed by atoms with Crippen LogP contribution in [0.1, 0.15) is 55.3 Å². The SMILES string of the molecule is NS(=O)(=O)Oc1ccc(C(=O)OC2CCCCCCC2)cc1. The number of rotatable bonds is 4. The number of hydrogen-bond acceptors (Lipinski definition) is 5. The third-order valence-electron chi connectivity index (χ3n) is 3.63. The zero-order valence-corrected chi connectivity index (χ0v) is 13.2. The summed E-state index contributed by atoms with van der Waals surface area (Å²) in [6.07, 6.45) is 7.57. The Bertz CT molecular complexity index is 589. The first-order valence-electron chi connectivity index (χ1n) is 7.47. The summed E-state index contributed by atoms with van der Waals surface area (Å²) in [5.41, 5.74) is 0.365. The second kappa shape index (κ2) is 7.60. The molecule has 1 fully saturated rings. The zero-order valence-electron chi connectivity index (χ0n) is 12.4. The Labute approximate surface area is 130 Å². The number of carbonyl (C=O) groups excluding carboxylic acids is 1. The minimum Gasteiger partial charge on any atom is -0.459 e. The van der Waals surface area contributed by atoms with Gasteiger partial charge in [-0.3, -0.25) is 0 Å². The van der Waals surface area contributed by atoms with Crippen LogP contribution in [0.4, 0.5) is 0 Å². The van der Waals surface area contributed by atoms with E-state index < -0.39 is 16.3 Å². The van der Waals surface area contributed by atoms with Crippen LogP contribution in [0, 0.1) is 0 Å². The largest absolute Gasteiger partial charge is 0.459 e. The molecule has 0 unspecified atom stereocenters. The van der Waals surface area contributed by atoms with E-state index in [4.69, 9.17) is 9.88 Å². The van der Waals surface area contributed by atoms with Crippen molar-refractivity contribution in [2.45, 2.75) is 51.0 Å². The van der Waals surface area contributed by atoms with Crippen molar-refractivity contribution in [2.75, 3.05) is 0 Å². The predicted molar refractivity (Wildman–Crippen MR) is 81.7 cm³/mol. The number of hydrogen-bond donors (Lipinski definition) is 1. The average molecular weight is 327 g/mol. The summed E-state index contributed by atoms with van der Waals surface area (Å²) in [5, 5.41) is 4.77. The maximum absolute atomic E-state index is 12.1. The predicted octanol–water partition coefficient (Wildman–Crippen LogP) is 2.54. The summed E-state index contributed by atoms with van der Waals surface area (Å²) in [6.45, 7) is 0. The fraction of sp³-hybridized carbons (Fsp3) is 0.533. The van der Waals surface area contributed by atoms with E-state index in [-0.39, 0.29) is 11.9 Å². The highest BCUT2D eigenvalue weighted by atomic mass is 32.2. The number of benzene rings is 1. The molecule has 1 aromatic carbocycles. The van der Waals surface area contributed by atoms with E-state index in [1.54, 1.807) is 0 Å². The molecular formula is C15H21NO5S. The lowest BCUT2D eigenvalue weighted by molar-refractivity contribution is 0.0239. The molecule has 1 saturated carbocycles. The summed E-state index contributed by atoms with van der Waals surface area (Å²) in [4.78, 5) is 12.1. The standard InChI is InChI=1S/C15H21NO5S/c16-22(18,19)21-14-10-8-12(9-11-14)15(17)20-13-6-4-2-1-3-5-7-13/h8-11,13H,1-7H2,(H2,16,18,19). The summed E-state index contributed by atoms with van der Waals surface area (Å²) in [5.74, 6) is -0.335. The lowest BCUT2D eigenvalue weighted by Crippen LogP contribution is -2.20. The smallest absolute Gasteiger partial charge is 0.380 e. The molecule has 1 aliphatic carbocycles. The van der Waals surface area contributed by atoms with Gasteiger partial charge >= 0.3 is 16.3 Å². The minimum absolute atomic E-state index is 0.0341. The normalized spacial score (nSPS) is 17.3. The van der Waals surface area contributed by atoms with Crippen molar-refractivity contribution in [3.8, 4) is 5.75 Å². The monoisotopic (exact) mass is 327 g/mol. The molecule has 0 spiro atoms. The van der Waals surface area contributed by atoms with Crippen LogP contribution in [0.25, 0.3) is 0 Å². The molecule has 0 amide bonds. The summed E-state index contributed by atoms with van der Waals surface area (Å²) in [7, 11) is -4.06. The second-order valence-electron chi connectivity index (χ2n) is 5.47. The van der Waals surface area contributed by atoms with Crippen molar-refractivity contribution < 1.29 is 22.1 Å². The molecule has 122 valence electrons. The number of nitrogens with two attached hydrogens (primary N) is 1. The van der Waals surface area contributed by atoms with Crippen molar-refractivity contribution in [1.29, 1.82) is 0 Å². The Morgan fingerprint density at radius 3 is 2.09 bits per heavy atom. The first-order valence-corrected chi connectivity index (χ1v) is 8.94. The van der Waals surface area contributed by atoms with Crippen LogP contribution in [-0.4, -0.2) is 20.5 Å². The Hall–Kier alpha value is -1.60. The molecule has 0 radical (unpaired) electrons. The minimum atomic E-state index is -4.06. The van der Waals surface area contributed by atoms with Crippen LogP contribution in [0.5, 0.6) is 5.75 Å². The molecule has 0 aliphatic heterocycles. The third-order valence-corrected chi connectivity index (χ3v) is 4.05. The van der Waals surface area contributed by atoms with Crippen molar-refractivity contribution in [1.82, 2.24) is 0 Å². The molecule has 0 saturated heterocycles. The van der Waals surface area contributed by atoms with Crippen LogP contribution >= 0.6 is 0 Å². The van der Waals surface area contributed by atoms with Gasteiger partial charge in [0.25, 0.3) is 0 Å². The van der Waals surface area contributed by atoms with Crippen LogP contribution in [0.2, 0.25) is 0 Å². The van der Waals surface area contributed by atoms with Crippen molar-refractivity contribution >= 4 is 16.3 Å². The molecule has 0 aromatic heterocycles. The van der Waals surface area contributed by atoms with Gasteiger partial charge in [0, 0.05) is 0 Å². The zero-order chi connectivity index (χ0) is 16.0. The number of carbonyl (C=O) groups is 1. The maximum Gasteiger partial charge on any atom is 0.380 e. The van der Waals surface area contributed by atoms with Gasteiger partial charge in [0.2, 0.25) is 0 Å². The van der Waals surface area contributed by atoms with E-state index in [0.29, 0.717) is 5.56 Å². The maximum atomic E-state index is 12.1. The van der Waals surface area contributed by atoms with Gasteiger partial charge in [0.05, 0.1) is 5.56 Å². The highest BCUT2D eigenvalue weighted by Gasteiger charge is 2.17. The fourth-order valence-corrected chi connectivity index (χ4v) is 2.92. The van der Waals surface area contributed by atoms with Crippen LogP contribution in [-0.2, 0) is 15.0 Å². The number of esters is 1. The van der Waals surface area contributed by atoms with Gasteiger partial charge in [-0.2, -0.15) is 13.6 Å². The van der Waals surface area contributed by atoms with Crippen molar-refractivity contribution in [3.63, 3.8) is 0 Å². The first-order chi connectivity index (χ1) is 10.4. The second-order valence-corrected chi connectivity index (χ2v) is 6.63.